The second-order valence-electron chi connectivity index (χ2n) is 5.72. The second-order valence-corrected chi connectivity index (χ2v) is 5.72. The summed E-state index contributed by atoms with van der Waals surface area (Å²) in [5.74, 6) is 0.398. The SMILES string of the molecule is OCc1cccc(Nc2ncc3nnn(-c4cccc(CO)c4)c3n2)c1. The third kappa shape index (κ3) is 3.10. The first-order valence-corrected chi connectivity index (χ1v) is 8.02. The van der Waals surface area contributed by atoms with Gasteiger partial charge in [-0.15, -0.1) is 5.10 Å². The molecule has 0 atom stereocenters. The minimum Gasteiger partial charge on any atom is -0.392 e. The third-order valence-electron chi connectivity index (χ3n) is 3.90. The molecule has 0 bridgehead atoms. The van der Waals surface area contributed by atoms with Gasteiger partial charge in [-0.3, -0.25) is 0 Å². The monoisotopic (exact) mass is 348 g/mol. The first kappa shape index (κ1) is 16.1. The molecule has 2 aromatic heterocycles. The maximum absolute atomic E-state index is 9.33. The van der Waals surface area contributed by atoms with Gasteiger partial charge >= 0.3 is 0 Å². The Bertz CT molecular complexity index is 1060. The molecule has 8 nitrogen and oxygen atoms in total. The van der Waals surface area contributed by atoms with E-state index < -0.39 is 0 Å². The molecule has 0 fully saturated rings. The molecule has 4 aromatic rings. The van der Waals surface area contributed by atoms with Crippen molar-refractivity contribution in [2.45, 2.75) is 13.2 Å². The lowest BCUT2D eigenvalue weighted by Gasteiger charge is -2.07. The molecule has 0 saturated carbocycles. The first-order valence-electron chi connectivity index (χ1n) is 8.02. The van der Waals surface area contributed by atoms with E-state index in [-0.39, 0.29) is 13.2 Å². The highest BCUT2D eigenvalue weighted by atomic mass is 16.3. The van der Waals surface area contributed by atoms with Crippen molar-refractivity contribution in [3.8, 4) is 5.69 Å². The fraction of sp³-hybridized carbons (Fsp3) is 0.111. The summed E-state index contributed by atoms with van der Waals surface area (Å²) in [7, 11) is 0. The number of anilines is 2. The fourth-order valence-electron chi connectivity index (χ4n) is 2.63. The van der Waals surface area contributed by atoms with E-state index in [9.17, 15) is 10.2 Å². The summed E-state index contributed by atoms with van der Waals surface area (Å²) < 4.78 is 1.60. The highest BCUT2D eigenvalue weighted by molar-refractivity contribution is 5.72. The minimum atomic E-state index is -0.0521. The van der Waals surface area contributed by atoms with E-state index in [4.69, 9.17) is 0 Å². The Labute approximate surface area is 148 Å². The van der Waals surface area contributed by atoms with Gasteiger partial charge in [0.05, 0.1) is 25.1 Å². The number of aromatic nitrogens is 5. The van der Waals surface area contributed by atoms with Gasteiger partial charge in [0.2, 0.25) is 5.95 Å². The Morgan fingerprint density at radius 3 is 2.54 bits per heavy atom. The summed E-state index contributed by atoms with van der Waals surface area (Å²) in [4.78, 5) is 8.77. The van der Waals surface area contributed by atoms with Crippen molar-refractivity contribution in [1.29, 1.82) is 0 Å². The molecule has 0 aliphatic rings. The van der Waals surface area contributed by atoms with Crippen molar-refractivity contribution >= 4 is 22.8 Å². The zero-order valence-electron chi connectivity index (χ0n) is 13.7. The molecule has 2 aromatic carbocycles. The molecule has 0 aliphatic heterocycles. The molecule has 26 heavy (non-hydrogen) atoms. The van der Waals surface area contributed by atoms with Crippen LogP contribution in [0, 0.1) is 0 Å². The number of hydrogen-bond acceptors (Lipinski definition) is 7. The van der Waals surface area contributed by atoms with Gasteiger partial charge in [0.25, 0.3) is 0 Å². The van der Waals surface area contributed by atoms with Crippen LogP contribution in [0.3, 0.4) is 0 Å². The molecule has 0 spiro atoms. The maximum Gasteiger partial charge on any atom is 0.229 e. The van der Waals surface area contributed by atoms with Crippen molar-refractivity contribution in [2.75, 3.05) is 5.32 Å². The molecule has 3 N–H and O–H groups in total. The van der Waals surface area contributed by atoms with Crippen molar-refractivity contribution in [1.82, 2.24) is 25.0 Å². The number of rotatable bonds is 5. The van der Waals surface area contributed by atoms with Gasteiger partial charge in [-0.1, -0.05) is 29.5 Å². The molecule has 0 unspecified atom stereocenters. The fourth-order valence-corrected chi connectivity index (χ4v) is 2.63. The van der Waals surface area contributed by atoms with Gasteiger partial charge in [0.15, 0.2) is 11.2 Å². The molecule has 0 saturated heterocycles. The lowest BCUT2D eigenvalue weighted by atomic mass is 10.2. The van der Waals surface area contributed by atoms with Gasteiger partial charge in [0.1, 0.15) is 0 Å². The van der Waals surface area contributed by atoms with Crippen molar-refractivity contribution in [3.05, 3.63) is 65.9 Å². The summed E-state index contributed by atoms with van der Waals surface area (Å²) in [6, 6.07) is 14.7. The standard InChI is InChI=1S/C18H16N6O2/c25-10-12-3-1-5-14(7-12)20-18-19-9-16-17(21-18)24(23-22-16)15-6-2-4-13(8-15)11-26/h1-9,25-26H,10-11H2,(H,19,20,21). The first-order chi connectivity index (χ1) is 12.8. The van der Waals surface area contributed by atoms with E-state index >= 15 is 0 Å². The number of aliphatic hydroxyl groups is 2. The molecule has 0 aliphatic carbocycles. The van der Waals surface area contributed by atoms with Crippen molar-refractivity contribution in [2.24, 2.45) is 0 Å². The lowest BCUT2D eigenvalue weighted by Crippen LogP contribution is -2.02. The van der Waals surface area contributed by atoms with Gasteiger partial charge in [0, 0.05) is 5.69 Å². The van der Waals surface area contributed by atoms with E-state index in [0.29, 0.717) is 17.1 Å². The summed E-state index contributed by atoms with van der Waals surface area (Å²) in [6.07, 6.45) is 1.60. The zero-order chi connectivity index (χ0) is 17.9. The Hall–Kier alpha value is -3.36. The Balaban J connectivity index is 1.72. The predicted octanol–water partition coefficient (Wildman–Crippen LogP) is 1.94. The highest BCUT2D eigenvalue weighted by Crippen LogP contribution is 2.19. The topological polar surface area (TPSA) is 109 Å². The molecular formula is C18H16N6O2. The van der Waals surface area contributed by atoms with E-state index in [1.165, 1.54) is 0 Å². The van der Waals surface area contributed by atoms with Crippen LogP contribution in [0.2, 0.25) is 0 Å². The highest BCUT2D eigenvalue weighted by Gasteiger charge is 2.11. The van der Waals surface area contributed by atoms with Crippen LogP contribution in [0.15, 0.2) is 54.7 Å². The second kappa shape index (κ2) is 6.87. The van der Waals surface area contributed by atoms with Crippen LogP contribution in [0.4, 0.5) is 11.6 Å². The average molecular weight is 348 g/mol. The Morgan fingerprint density at radius 1 is 0.962 bits per heavy atom. The van der Waals surface area contributed by atoms with Gasteiger partial charge in [-0.25, -0.2) is 4.98 Å². The smallest absolute Gasteiger partial charge is 0.229 e. The van der Waals surface area contributed by atoms with Crippen LogP contribution < -0.4 is 5.32 Å². The minimum absolute atomic E-state index is 0.0344. The molecule has 130 valence electrons. The average Bonchev–Trinajstić information content (AvgIpc) is 3.11. The molecule has 0 amide bonds. The molecular weight excluding hydrogens is 332 g/mol. The van der Waals surface area contributed by atoms with Crippen LogP contribution in [-0.2, 0) is 13.2 Å². The lowest BCUT2D eigenvalue weighted by molar-refractivity contribution is 0.281. The van der Waals surface area contributed by atoms with Crippen molar-refractivity contribution < 1.29 is 10.2 Å². The molecule has 4 rings (SSSR count). The van der Waals surface area contributed by atoms with Crippen LogP contribution in [-0.4, -0.2) is 35.2 Å². The Morgan fingerprint density at radius 2 is 1.73 bits per heavy atom. The molecule has 8 heteroatoms. The third-order valence-corrected chi connectivity index (χ3v) is 3.90. The summed E-state index contributed by atoms with van der Waals surface area (Å²) in [6.45, 7) is -0.0866. The van der Waals surface area contributed by atoms with Crippen LogP contribution in [0.25, 0.3) is 16.9 Å². The zero-order valence-corrected chi connectivity index (χ0v) is 13.7. The van der Waals surface area contributed by atoms with E-state index in [1.54, 1.807) is 10.9 Å². The van der Waals surface area contributed by atoms with E-state index in [2.05, 4.69) is 25.6 Å². The van der Waals surface area contributed by atoms with Crippen LogP contribution in [0.1, 0.15) is 11.1 Å². The van der Waals surface area contributed by atoms with Gasteiger partial charge < -0.3 is 15.5 Å². The summed E-state index contributed by atoms with van der Waals surface area (Å²) in [5.41, 5.74) is 4.22. The summed E-state index contributed by atoms with van der Waals surface area (Å²) >= 11 is 0. The van der Waals surface area contributed by atoms with E-state index in [1.807, 2.05) is 48.5 Å². The number of hydrogen-bond donors (Lipinski definition) is 3. The van der Waals surface area contributed by atoms with Crippen molar-refractivity contribution in [3.63, 3.8) is 0 Å². The largest absolute Gasteiger partial charge is 0.392 e. The van der Waals surface area contributed by atoms with E-state index in [0.717, 1.165) is 22.5 Å². The molecule has 2 heterocycles. The van der Waals surface area contributed by atoms with Crippen LogP contribution >= 0.6 is 0 Å². The normalized spacial score (nSPS) is 11.0. The molecule has 0 radical (unpaired) electrons. The Kier molecular flexibility index (Phi) is 4.26. The maximum atomic E-state index is 9.33. The predicted molar refractivity (Wildman–Crippen MR) is 96.0 cm³/mol. The van der Waals surface area contributed by atoms with Gasteiger partial charge in [-0.05, 0) is 35.4 Å². The summed E-state index contributed by atoms with van der Waals surface area (Å²) in [5, 5.41) is 29.9. The number of fused-ring (bicyclic) bond motifs is 1. The number of nitrogens with zero attached hydrogens (tertiary/aromatic N) is 5. The number of nitrogens with one attached hydrogen (secondary N) is 1. The van der Waals surface area contributed by atoms with Crippen LogP contribution in [0.5, 0.6) is 0 Å². The van der Waals surface area contributed by atoms with Gasteiger partial charge in [-0.2, -0.15) is 9.67 Å². The number of benzene rings is 2. The quantitative estimate of drug-likeness (QED) is 0.506. The number of aliphatic hydroxyl groups excluding tert-OH is 2.